The van der Waals surface area contributed by atoms with Gasteiger partial charge >= 0.3 is 5.97 Å². The summed E-state index contributed by atoms with van der Waals surface area (Å²) in [7, 11) is 1.70. The van der Waals surface area contributed by atoms with Gasteiger partial charge in [0.15, 0.2) is 17.0 Å². The Morgan fingerprint density at radius 2 is 1.64 bits per heavy atom. The maximum atomic E-state index is 12.7. The SMILES string of the molecule is CN(c1ccc(C(=O)N[C@@H](CCC(=O)NCCOCCOCCOCCN)C(=O)O)cc1)c1cnc2nc(N)nc(O)c2n1. The molecule has 0 bridgehead atoms. The van der Waals surface area contributed by atoms with E-state index >= 15 is 0 Å². The summed E-state index contributed by atoms with van der Waals surface area (Å²) >= 11 is 0. The molecule has 44 heavy (non-hydrogen) atoms. The molecule has 1 atom stereocenters. The molecular formula is C27H37N9O8. The standard InChI is InChI=1S/C27H37N9O8/c1-36(20-16-31-23-22(33-20)25(39)35-27(29)34-23)18-4-2-17(3-5-18)24(38)32-19(26(40)41)6-7-21(37)30-9-11-43-13-15-44-14-12-42-10-8-28/h2-5,16,19H,6-15,28H2,1H3,(H,30,37)(H,32,38)(H,40,41)(H3,29,31,34,35,39)/t19-/m0/s1. The third-order valence-electron chi connectivity index (χ3n) is 6.09. The largest absolute Gasteiger partial charge is 0.492 e. The first kappa shape index (κ1) is 33.8. The lowest BCUT2D eigenvalue weighted by molar-refractivity contribution is -0.139. The second-order valence-electron chi connectivity index (χ2n) is 9.29. The lowest BCUT2D eigenvalue weighted by Crippen LogP contribution is -2.41. The summed E-state index contributed by atoms with van der Waals surface area (Å²) < 4.78 is 15.9. The van der Waals surface area contributed by atoms with Gasteiger partial charge in [-0.25, -0.2) is 14.8 Å². The molecule has 3 aromatic rings. The summed E-state index contributed by atoms with van der Waals surface area (Å²) in [6.45, 7) is 3.09. The number of rotatable bonds is 19. The number of hydrogen-bond donors (Lipinski definition) is 6. The lowest BCUT2D eigenvalue weighted by atomic mass is 10.1. The van der Waals surface area contributed by atoms with Crippen LogP contribution in [0.15, 0.2) is 30.5 Å². The lowest BCUT2D eigenvalue weighted by Gasteiger charge is -2.19. The molecule has 0 saturated heterocycles. The monoisotopic (exact) mass is 615 g/mol. The van der Waals surface area contributed by atoms with Crippen molar-refractivity contribution in [3.05, 3.63) is 36.0 Å². The number of benzene rings is 1. The van der Waals surface area contributed by atoms with Crippen LogP contribution in [0.5, 0.6) is 5.88 Å². The average Bonchev–Trinajstić information content (AvgIpc) is 3.01. The first-order valence-electron chi connectivity index (χ1n) is 13.8. The van der Waals surface area contributed by atoms with Crippen LogP contribution in [0.4, 0.5) is 17.5 Å². The molecule has 0 aliphatic rings. The molecule has 1 aromatic carbocycles. The molecule has 3 rings (SSSR count). The van der Waals surface area contributed by atoms with E-state index in [4.69, 9.17) is 25.7 Å². The molecule has 0 aliphatic heterocycles. The number of fused-ring (bicyclic) bond motifs is 1. The zero-order valence-electron chi connectivity index (χ0n) is 24.3. The first-order valence-corrected chi connectivity index (χ1v) is 13.8. The predicted molar refractivity (Wildman–Crippen MR) is 158 cm³/mol. The van der Waals surface area contributed by atoms with E-state index in [1.54, 1.807) is 24.1 Å². The molecule has 17 nitrogen and oxygen atoms in total. The van der Waals surface area contributed by atoms with Crippen LogP contribution in [-0.2, 0) is 23.8 Å². The summed E-state index contributed by atoms with van der Waals surface area (Å²) in [4.78, 5) is 54.4. The number of carbonyl (C=O) groups excluding carboxylic acids is 2. The van der Waals surface area contributed by atoms with Gasteiger partial charge in [-0.15, -0.1) is 0 Å². The van der Waals surface area contributed by atoms with Gasteiger partial charge in [-0.1, -0.05) is 0 Å². The molecule has 0 radical (unpaired) electrons. The molecule has 8 N–H and O–H groups in total. The molecule has 0 fully saturated rings. The van der Waals surface area contributed by atoms with Crippen molar-refractivity contribution in [2.75, 3.05) is 70.4 Å². The number of carboxylic acids is 1. The van der Waals surface area contributed by atoms with Gasteiger partial charge in [0.25, 0.3) is 5.91 Å². The fourth-order valence-electron chi connectivity index (χ4n) is 3.78. The van der Waals surface area contributed by atoms with E-state index in [9.17, 15) is 24.6 Å². The Labute approximate surface area is 252 Å². The van der Waals surface area contributed by atoms with Crippen LogP contribution < -0.4 is 27.0 Å². The van der Waals surface area contributed by atoms with Crippen LogP contribution in [-0.4, -0.2) is 114 Å². The van der Waals surface area contributed by atoms with Crippen molar-refractivity contribution in [2.45, 2.75) is 18.9 Å². The zero-order chi connectivity index (χ0) is 31.9. The van der Waals surface area contributed by atoms with E-state index in [2.05, 4.69) is 30.6 Å². The topological polar surface area (TPSA) is 250 Å². The summed E-state index contributed by atoms with van der Waals surface area (Å²) in [6.07, 6.45) is 1.24. The predicted octanol–water partition coefficient (Wildman–Crippen LogP) is -0.437. The van der Waals surface area contributed by atoms with Gasteiger partial charge in [0, 0.05) is 37.8 Å². The van der Waals surface area contributed by atoms with Crippen LogP contribution in [0.3, 0.4) is 0 Å². The van der Waals surface area contributed by atoms with Crippen molar-refractivity contribution in [3.8, 4) is 5.88 Å². The molecule has 2 heterocycles. The molecule has 2 aromatic heterocycles. The summed E-state index contributed by atoms with van der Waals surface area (Å²) in [5.74, 6) is -2.41. The summed E-state index contributed by atoms with van der Waals surface area (Å²) in [5.41, 5.74) is 11.9. The highest BCUT2D eigenvalue weighted by molar-refractivity contribution is 5.97. The van der Waals surface area contributed by atoms with E-state index in [1.165, 1.54) is 18.3 Å². The molecule has 238 valence electrons. The van der Waals surface area contributed by atoms with Crippen molar-refractivity contribution in [1.82, 2.24) is 30.6 Å². The fourth-order valence-corrected chi connectivity index (χ4v) is 3.78. The van der Waals surface area contributed by atoms with Crippen LogP contribution in [0.25, 0.3) is 11.2 Å². The number of hydrogen-bond acceptors (Lipinski definition) is 14. The fraction of sp³-hybridized carbons (Fsp3) is 0.444. The van der Waals surface area contributed by atoms with E-state index < -0.39 is 23.8 Å². The number of aromatic hydroxyl groups is 1. The van der Waals surface area contributed by atoms with Crippen LogP contribution in [0, 0.1) is 0 Å². The Morgan fingerprint density at radius 3 is 2.30 bits per heavy atom. The van der Waals surface area contributed by atoms with Crippen LogP contribution >= 0.6 is 0 Å². The van der Waals surface area contributed by atoms with Gasteiger partial charge in [0.05, 0.1) is 45.8 Å². The average molecular weight is 616 g/mol. The van der Waals surface area contributed by atoms with Gasteiger partial charge in [0.1, 0.15) is 6.04 Å². The maximum Gasteiger partial charge on any atom is 0.326 e. The first-order chi connectivity index (χ1) is 21.2. The normalized spacial score (nSPS) is 11.7. The third-order valence-corrected chi connectivity index (χ3v) is 6.09. The van der Waals surface area contributed by atoms with E-state index in [-0.39, 0.29) is 54.6 Å². The quantitative estimate of drug-likeness (QED) is 0.0935. The minimum Gasteiger partial charge on any atom is -0.492 e. The second kappa shape index (κ2) is 17.4. The number of nitrogens with one attached hydrogen (secondary N) is 2. The minimum absolute atomic E-state index is 0.0727. The number of amides is 2. The van der Waals surface area contributed by atoms with Crippen molar-refractivity contribution >= 4 is 46.4 Å². The Balaban J connectivity index is 1.41. The van der Waals surface area contributed by atoms with Gasteiger partial charge in [-0.05, 0) is 30.7 Å². The molecule has 0 aliphatic carbocycles. The molecule has 0 spiro atoms. The number of nitrogens with two attached hydrogens (primary N) is 2. The van der Waals surface area contributed by atoms with Crippen molar-refractivity contribution in [3.63, 3.8) is 0 Å². The number of nitrogens with zero attached hydrogens (tertiary/aromatic N) is 5. The molecule has 2 amide bonds. The maximum absolute atomic E-state index is 12.7. The number of carbonyl (C=O) groups is 3. The summed E-state index contributed by atoms with van der Waals surface area (Å²) in [6, 6.07) is 5.03. The van der Waals surface area contributed by atoms with Gasteiger partial charge in [0.2, 0.25) is 17.7 Å². The van der Waals surface area contributed by atoms with Crippen LogP contribution in [0.1, 0.15) is 23.2 Å². The zero-order valence-corrected chi connectivity index (χ0v) is 24.3. The number of carboxylic acid groups (broad SMARTS) is 1. The smallest absolute Gasteiger partial charge is 0.326 e. The Bertz CT molecular complexity index is 1390. The summed E-state index contributed by atoms with van der Waals surface area (Å²) in [5, 5.41) is 24.7. The van der Waals surface area contributed by atoms with Crippen molar-refractivity contribution < 1.29 is 38.8 Å². The van der Waals surface area contributed by atoms with E-state index in [0.717, 1.165) is 0 Å². The van der Waals surface area contributed by atoms with E-state index in [0.29, 0.717) is 51.1 Å². The van der Waals surface area contributed by atoms with Gasteiger partial charge in [-0.2, -0.15) is 9.97 Å². The minimum atomic E-state index is -1.27. The Kier molecular flexibility index (Phi) is 13.4. The second-order valence-corrected chi connectivity index (χ2v) is 9.29. The van der Waals surface area contributed by atoms with Gasteiger partial charge in [-0.3, -0.25) is 9.59 Å². The number of anilines is 3. The number of ether oxygens (including phenoxy) is 3. The van der Waals surface area contributed by atoms with Crippen molar-refractivity contribution in [1.29, 1.82) is 0 Å². The number of nitrogen functional groups attached to an aromatic ring is 1. The highest BCUT2D eigenvalue weighted by Gasteiger charge is 2.22. The molecule has 17 heteroatoms. The molecule has 0 unspecified atom stereocenters. The highest BCUT2D eigenvalue weighted by Crippen LogP contribution is 2.25. The van der Waals surface area contributed by atoms with Crippen molar-refractivity contribution in [2.24, 2.45) is 5.73 Å². The molecular weight excluding hydrogens is 578 g/mol. The third kappa shape index (κ3) is 10.5. The number of aromatic nitrogens is 4. The van der Waals surface area contributed by atoms with E-state index in [1.807, 2.05) is 0 Å². The highest BCUT2D eigenvalue weighted by atomic mass is 16.5. The van der Waals surface area contributed by atoms with Gasteiger partial charge < -0.3 is 51.4 Å². The number of aliphatic carboxylic acids is 1. The molecule has 0 saturated carbocycles. The Hall–Kier alpha value is -4.71. The Morgan fingerprint density at radius 1 is 0.977 bits per heavy atom. The van der Waals surface area contributed by atoms with Crippen LogP contribution in [0.2, 0.25) is 0 Å².